The molecule has 1 aliphatic heterocycles. The second-order valence-corrected chi connectivity index (χ2v) is 6.73. The number of aliphatic imine (C=N–C) groups is 1. The lowest BCUT2D eigenvalue weighted by atomic mass is 10.1. The van der Waals surface area contributed by atoms with Gasteiger partial charge in [-0.2, -0.15) is 5.10 Å². The van der Waals surface area contributed by atoms with Crippen LogP contribution < -0.4 is 15.4 Å². The standard InChI is InChI=1S/C20H30N6O2/c1-4-28-17-8-6-5-7-15(17)11-12-22-20(21-2)23-16-9-10-19-24-18(14-27-3)25-26(19)13-16/h5-8,16H,4,9-14H2,1-3H3,(H2,21,22,23). The van der Waals surface area contributed by atoms with Gasteiger partial charge < -0.3 is 20.1 Å². The van der Waals surface area contributed by atoms with E-state index in [0.717, 1.165) is 55.7 Å². The van der Waals surface area contributed by atoms with Gasteiger partial charge in [0, 0.05) is 33.2 Å². The molecule has 28 heavy (non-hydrogen) atoms. The van der Waals surface area contributed by atoms with Crippen LogP contribution in [0.25, 0.3) is 0 Å². The third-order valence-corrected chi connectivity index (χ3v) is 4.70. The maximum absolute atomic E-state index is 5.70. The molecule has 152 valence electrons. The van der Waals surface area contributed by atoms with Gasteiger partial charge in [-0.05, 0) is 31.4 Å². The number of guanidine groups is 1. The van der Waals surface area contributed by atoms with Crippen molar-refractivity contribution >= 4 is 5.96 Å². The fourth-order valence-electron chi connectivity index (χ4n) is 3.38. The van der Waals surface area contributed by atoms with E-state index in [2.05, 4.69) is 31.8 Å². The van der Waals surface area contributed by atoms with E-state index in [-0.39, 0.29) is 6.04 Å². The summed E-state index contributed by atoms with van der Waals surface area (Å²) < 4.78 is 12.8. The van der Waals surface area contributed by atoms with Crippen molar-refractivity contribution in [3.05, 3.63) is 41.5 Å². The topological polar surface area (TPSA) is 85.6 Å². The van der Waals surface area contributed by atoms with E-state index in [0.29, 0.717) is 13.2 Å². The number of hydrogen-bond acceptors (Lipinski definition) is 5. The zero-order chi connectivity index (χ0) is 19.8. The van der Waals surface area contributed by atoms with Gasteiger partial charge in [-0.25, -0.2) is 9.67 Å². The van der Waals surface area contributed by atoms with E-state index in [1.807, 2.05) is 29.8 Å². The molecule has 3 rings (SSSR count). The van der Waals surface area contributed by atoms with Crippen molar-refractivity contribution in [1.29, 1.82) is 0 Å². The van der Waals surface area contributed by atoms with Crippen molar-refractivity contribution in [3.8, 4) is 5.75 Å². The molecule has 8 nitrogen and oxygen atoms in total. The number of ether oxygens (including phenoxy) is 2. The molecule has 0 saturated heterocycles. The van der Waals surface area contributed by atoms with Crippen LogP contribution in [0.2, 0.25) is 0 Å². The quantitative estimate of drug-likeness (QED) is 0.529. The zero-order valence-corrected chi connectivity index (χ0v) is 16.9. The Morgan fingerprint density at radius 2 is 2.21 bits per heavy atom. The molecule has 0 spiro atoms. The first-order valence-electron chi connectivity index (χ1n) is 9.83. The molecule has 2 aromatic rings. The number of methoxy groups -OCH3 is 1. The summed E-state index contributed by atoms with van der Waals surface area (Å²) in [6.07, 6.45) is 2.77. The summed E-state index contributed by atoms with van der Waals surface area (Å²) in [5.41, 5.74) is 1.20. The maximum atomic E-state index is 5.70. The van der Waals surface area contributed by atoms with E-state index in [9.17, 15) is 0 Å². The molecule has 2 heterocycles. The third-order valence-electron chi connectivity index (χ3n) is 4.70. The predicted octanol–water partition coefficient (Wildman–Crippen LogP) is 1.55. The lowest BCUT2D eigenvalue weighted by Gasteiger charge is -2.25. The summed E-state index contributed by atoms with van der Waals surface area (Å²) in [4.78, 5) is 8.88. The number of nitrogens with zero attached hydrogens (tertiary/aromatic N) is 4. The lowest BCUT2D eigenvalue weighted by Crippen LogP contribution is -2.47. The Morgan fingerprint density at radius 1 is 1.36 bits per heavy atom. The van der Waals surface area contributed by atoms with Gasteiger partial charge in [0.15, 0.2) is 11.8 Å². The van der Waals surface area contributed by atoms with Crippen LogP contribution in [-0.4, -0.2) is 54.1 Å². The van der Waals surface area contributed by atoms with Gasteiger partial charge in [-0.3, -0.25) is 4.99 Å². The summed E-state index contributed by atoms with van der Waals surface area (Å²) in [5.74, 6) is 3.53. The minimum Gasteiger partial charge on any atom is -0.494 e. The predicted molar refractivity (Wildman–Crippen MR) is 109 cm³/mol. The molecule has 1 unspecified atom stereocenters. The minimum atomic E-state index is 0.270. The van der Waals surface area contributed by atoms with Crippen molar-refractivity contribution in [1.82, 2.24) is 25.4 Å². The molecule has 1 aliphatic rings. The van der Waals surface area contributed by atoms with Gasteiger partial charge >= 0.3 is 0 Å². The molecule has 1 atom stereocenters. The summed E-state index contributed by atoms with van der Waals surface area (Å²) in [6, 6.07) is 8.43. The number of para-hydroxylation sites is 1. The lowest BCUT2D eigenvalue weighted by molar-refractivity contribution is 0.177. The maximum Gasteiger partial charge on any atom is 0.191 e. The summed E-state index contributed by atoms with van der Waals surface area (Å²) in [7, 11) is 3.46. The van der Waals surface area contributed by atoms with Gasteiger partial charge in [0.05, 0.1) is 13.2 Å². The smallest absolute Gasteiger partial charge is 0.191 e. The van der Waals surface area contributed by atoms with E-state index >= 15 is 0 Å². The van der Waals surface area contributed by atoms with Crippen LogP contribution in [0.15, 0.2) is 29.3 Å². The fourth-order valence-corrected chi connectivity index (χ4v) is 3.38. The first kappa shape index (κ1) is 20.1. The summed E-state index contributed by atoms with van der Waals surface area (Å²) in [6.45, 7) is 4.68. The van der Waals surface area contributed by atoms with Crippen molar-refractivity contribution < 1.29 is 9.47 Å². The van der Waals surface area contributed by atoms with Crippen LogP contribution >= 0.6 is 0 Å². The SMILES string of the molecule is CCOc1ccccc1CCNC(=NC)NC1CCc2nc(COC)nn2C1. The molecule has 0 aliphatic carbocycles. The molecule has 1 aromatic carbocycles. The Kier molecular flexibility index (Phi) is 7.25. The molecule has 0 amide bonds. The van der Waals surface area contributed by atoms with E-state index in [1.165, 1.54) is 5.56 Å². The van der Waals surface area contributed by atoms with E-state index in [1.54, 1.807) is 14.2 Å². The third kappa shape index (κ3) is 5.22. The molecule has 0 fully saturated rings. The molecule has 0 radical (unpaired) electrons. The zero-order valence-electron chi connectivity index (χ0n) is 16.9. The van der Waals surface area contributed by atoms with Crippen LogP contribution in [0, 0.1) is 0 Å². The molecular weight excluding hydrogens is 356 g/mol. The summed E-state index contributed by atoms with van der Waals surface area (Å²) >= 11 is 0. The van der Waals surface area contributed by atoms with Crippen LogP contribution in [0.5, 0.6) is 5.75 Å². The van der Waals surface area contributed by atoms with Gasteiger partial charge in [-0.15, -0.1) is 0 Å². The average Bonchev–Trinajstić information content (AvgIpc) is 3.10. The first-order valence-corrected chi connectivity index (χ1v) is 9.83. The van der Waals surface area contributed by atoms with Crippen molar-refractivity contribution in [2.24, 2.45) is 4.99 Å². The van der Waals surface area contributed by atoms with Crippen molar-refractivity contribution in [3.63, 3.8) is 0 Å². The Labute approximate surface area is 166 Å². The van der Waals surface area contributed by atoms with Gasteiger partial charge in [-0.1, -0.05) is 18.2 Å². The molecule has 2 N–H and O–H groups in total. The fraction of sp³-hybridized carbons (Fsp3) is 0.550. The Bertz CT molecular complexity index is 789. The van der Waals surface area contributed by atoms with Crippen LogP contribution in [-0.2, 0) is 30.7 Å². The number of benzene rings is 1. The number of hydrogen-bond donors (Lipinski definition) is 2. The number of nitrogens with one attached hydrogen (secondary N) is 2. The average molecular weight is 387 g/mol. The Balaban J connectivity index is 1.50. The Hall–Kier alpha value is -2.61. The Morgan fingerprint density at radius 3 is 3.00 bits per heavy atom. The molecule has 8 heteroatoms. The first-order chi connectivity index (χ1) is 13.7. The minimum absolute atomic E-state index is 0.270. The highest BCUT2D eigenvalue weighted by Crippen LogP contribution is 2.18. The van der Waals surface area contributed by atoms with Crippen LogP contribution in [0.1, 0.15) is 30.6 Å². The van der Waals surface area contributed by atoms with E-state index < -0.39 is 0 Å². The largest absolute Gasteiger partial charge is 0.494 e. The van der Waals surface area contributed by atoms with Gasteiger partial charge in [0.2, 0.25) is 0 Å². The summed E-state index contributed by atoms with van der Waals surface area (Å²) in [5, 5.41) is 11.4. The van der Waals surface area contributed by atoms with Gasteiger partial charge in [0.25, 0.3) is 0 Å². The number of aryl methyl sites for hydroxylation is 1. The molecule has 0 saturated carbocycles. The second kappa shape index (κ2) is 10.1. The van der Waals surface area contributed by atoms with Crippen LogP contribution in [0.4, 0.5) is 0 Å². The highest BCUT2D eigenvalue weighted by atomic mass is 16.5. The van der Waals surface area contributed by atoms with E-state index in [4.69, 9.17) is 9.47 Å². The number of rotatable bonds is 8. The molecular formula is C20H30N6O2. The second-order valence-electron chi connectivity index (χ2n) is 6.73. The normalized spacial score (nSPS) is 16.5. The number of aromatic nitrogens is 3. The van der Waals surface area contributed by atoms with Crippen molar-refractivity contribution in [2.45, 2.75) is 45.4 Å². The molecule has 0 bridgehead atoms. The van der Waals surface area contributed by atoms with Crippen LogP contribution in [0.3, 0.4) is 0 Å². The number of fused-ring (bicyclic) bond motifs is 1. The van der Waals surface area contributed by atoms with Crippen molar-refractivity contribution in [2.75, 3.05) is 27.3 Å². The highest BCUT2D eigenvalue weighted by molar-refractivity contribution is 5.80. The monoisotopic (exact) mass is 386 g/mol. The highest BCUT2D eigenvalue weighted by Gasteiger charge is 2.22. The van der Waals surface area contributed by atoms with Gasteiger partial charge in [0.1, 0.15) is 18.2 Å². The molecule has 1 aromatic heterocycles.